The van der Waals surface area contributed by atoms with E-state index < -0.39 is 0 Å². The lowest BCUT2D eigenvalue weighted by molar-refractivity contribution is 0.202. The number of nitrogens with one attached hydrogen (secondary N) is 1. The molecule has 0 fully saturated rings. The van der Waals surface area contributed by atoms with E-state index in [2.05, 4.69) is 35.4 Å². The van der Waals surface area contributed by atoms with Gasteiger partial charge in [0.1, 0.15) is 5.82 Å². The summed E-state index contributed by atoms with van der Waals surface area (Å²) in [4.78, 5) is 4.41. The minimum atomic E-state index is -0.247. The number of aliphatic hydroxyl groups excluding tert-OH is 1. The molecule has 0 unspecified atom stereocenters. The highest BCUT2D eigenvalue weighted by Gasteiger charge is 2.26. The van der Waals surface area contributed by atoms with Crippen molar-refractivity contribution in [2.45, 2.75) is 52.0 Å². The Labute approximate surface area is 101 Å². The highest BCUT2D eigenvalue weighted by atomic mass is 32.1. The van der Waals surface area contributed by atoms with Crippen molar-refractivity contribution in [2.75, 3.05) is 11.9 Å². The summed E-state index contributed by atoms with van der Waals surface area (Å²) in [6.45, 7) is 6.38. The molecule has 0 atom stereocenters. The second-order valence-corrected chi connectivity index (χ2v) is 4.79. The van der Waals surface area contributed by atoms with E-state index in [4.69, 9.17) is 0 Å². The van der Waals surface area contributed by atoms with Crippen LogP contribution in [-0.4, -0.2) is 26.6 Å². The zero-order chi connectivity index (χ0) is 12.0. The lowest BCUT2D eigenvalue weighted by atomic mass is 9.94. The highest BCUT2D eigenvalue weighted by Crippen LogP contribution is 2.23. The van der Waals surface area contributed by atoms with Crippen molar-refractivity contribution in [2.24, 2.45) is 0 Å². The van der Waals surface area contributed by atoms with Crippen molar-refractivity contribution in [1.29, 1.82) is 0 Å². The molecule has 1 rings (SSSR count). The summed E-state index contributed by atoms with van der Waals surface area (Å²) >= 11 is 1.38. The van der Waals surface area contributed by atoms with Crippen molar-refractivity contribution in [3.63, 3.8) is 0 Å². The monoisotopic (exact) mass is 243 g/mol. The van der Waals surface area contributed by atoms with Crippen LogP contribution in [0, 0.1) is 0 Å². The molecule has 1 aromatic heterocycles. The first kappa shape index (κ1) is 13.4. The van der Waals surface area contributed by atoms with Crippen LogP contribution in [0.2, 0.25) is 0 Å². The summed E-state index contributed by atoms with van der Waals surface area (Å²) in [6.07, 6.45) is 3.73. The van der Waals surface area contributed by atoms with Gasteiger partial charge in [0.15, 0.2) is 0 Å². The van der Waals surface area contributed by atoms with E-state index in [1.807, 2.05) is 0 Å². The van der Waals surface area contributed by atoms with E-state index in [-0.39, 0.29) is 12.1 Å². The number of nitrogens with zero attached hydrogens (tertiary/aromatic N) is 2. The van der Waals surface area contributed by atoms with Crippen LogP contribution in [0.5, 0.6) is 0 Å². The molecule has 1 aromatic rings. The number of anilines is 1. The van der Waals surface area contributed by atoms with Gasteiger partial charge in [0.2, 0.25) is 5.13 Å². The van der Waals surface area contributed by atoms with E-state index in [9.17, 15) is 5.11 Å². The van der Waals surface area contributed by atoms with Crippen LogP contribution in [0.4, 0.5) is 5.13 Å². The van der Waals surface area contributed by atoms with Gasteiger partial charge in [-0.25, -0.2) is 4.98 Å². The molecule has 0 spiro atoms. The Morgan fingerprint density at radius 1 is 1.31 bits per heavy atom. The lowest BCUT2D eigenvalue weighted by Crippen LogP contribution is -2.40. The number of hydrogen-bond donors (Lipinski definition) is 2. The Kier molecular flexibility index (Phi) is 5.15. The van der Waals surface area contributed by atoms with Crippen molar-refractivity contribution in [1.82, 2.24) is 9.36 Å². The normalized spacial score (nSPS) is 11.8. The number of aliphatic hydroxyl groups is 1. The molecule has 2 N–H and O–H groups in total. The summed E-state index contributed by atoms with van der Waals surface area (Å²) < 4.78 is 4.28. The Morgan fingerprint density at radius 3 is 2.50 bits per heavy atom. The second-order valence-electron chi connectivity index (χ2n) is 4.04. The first-order chi connectivity index (χ1) is 7.69. The molecule has 4 nitrogen and oxygen atoms in total. The van der Waals surface area contributed by atoms with Crippen molar-refractivity contribution in [3.8, 4) is 0 Å². The van der Waals surface area contributed by atoms with Gasteiger partial charge < -0.3 is 10.4 Å². The van der Waals surface area contributed by atoms with Gasteiger partial charge in [-0.05, 0) is 19.3 Å². The Balaban J connectivity index is 2.69. The number of hydrogen-bond acceptors (Lipinski definition) is 5. The van der Waals surface area contributed by atoms with Crippen LogP contribution in [0.3, 0.4) is 0 Å². The SMILES string of the molecule is CCCc1nsc(NC(CC)(CC)CO)n1. The van der Waals surface area contributed by atoms with Crippen LogP contribution in [0.25, 0.3) is 0 Å². The summed E-state index contributed by atoms with van der Waals surface area (Å²) in [7, 11) is 0. The fourth-order valence-corrected chi connectivity index (χ4v) is 2.28. The Bertz CT molecular complexity index is 302. The number of rotatable bonds is 7. The van der Waals surface area contributed by atoms with Crippen molar-refractivity contribution in [3.05, 3.63) is 5.82 Å². The predicted molar refractivity (Wildman–Crippen MR) is 67.9 cm³/mol. The Morgan fingerprint density at radius 2 is 2.00 bits per heavy atom. The molecule has 0 amide bonds. The molecule has 0 aliphatic heterocycles. The van der Waals surface area contributed by atoms with Crippen LogP contribution in [0.1, 0.15) is 45.9 Å². The molecule has 92 valence electrons. The third kappa shape index (κ3) is 3.15. The summed E-state index contributed by atoms with van der Waals surface area (Å²) in [5.41, 5.74) is -0.247. The standard InChI is InChI=1S/C11H21N3OS/c1-4-7-9-12-10(16-14-9)13-11(5-2,6-3)8-15/h15H,4-8H2,1-3H3,(H,12,13,14). The molecule has 1 heterocycles. The maximum absolute atomic E-state index is 9.44. The van der Waals surface area contributed by atoms with E-state index in [1.165, 1.54) is 11.5 Å². The van der Waals surface area contributed by atoms with E-state index in [0.717, 1.165) is 36.6 Å². The average Bonchev–Trinajstić information content (AvgIpc) is 2.74. The molecule has 0 aliphatic rings. The third-order valence-electron chi connectivity index (χ3n) is 2.97. The number of aryl methyl sites for hydroxylation is 1. The predicted octanol–water partition coefficient (Wildman–Crippen LogP) is 2.45. The maximum Gasteiger partial charge on any atom is 0.203 e. The van der Waals surface area contributed by atoms with E-state index >= 15 is 0 Å². The summed E-state index contributed by atoms with van der Waals surface area (Å²) in [5, 5.41) is 13.6. The van der Waals surface area contributed by atoms with Gasteiger partial charge in [-0.1, -0.05) is 20.8 Å². The van der Waals surface area contributed by atoms with E-state index in [0.29, 0.717) is 0 Å². The van der Waals surface area contributed by atoms with Crippen LogP contribution < -0.4 is 5.32 Å². The third-order valence-corrected chi connectivity index (χ3v) is 3.64. The molecule has 0 saturated carbocycles. The lowest BCUT2D eigenvalue weighted by Gasteiger charge is -2.30. The first-order valence-electron chi connectivity index (χ1n) is 5.91. The molecular weight excluding hydrogens is 222 g/mol. The highest BCUT2D eigenvalue weighted by molar-refractivity contribution is 7.09. The van der Waals surface area contributed by atoms with Gasteiger partial charge in [-0.3, -0.25) is 0 Å². The van der Waals surface area contributed by atoms with Gasteiger partial charge in [0, 0.05) is 18.0 Å². The second kappa shape index (κ2) is 6.15. The molecule has 5 heteroatoms. The quantitative estimate of drug-likeness (QED) is 0.772. The maximum atomic E-state index is 9.44. The molecule has 0 bridgehead atoms. The zero-order valence-electron chi connectivity index (χ0n) is 10.3. The fourth-order valence-electron chi connectivity index (χ4n) is 1.55. The summed E-state index contributed by atoms with van der Waals surface area (Å²) in [6, 6.07) is 0. The Hall–Kier alpha value is -0.680. The average molecular weight is 243 g/mol. The molecular formula is C11H21N3OS. The minimum absolute atomic E-state index is 0.128. The van der Waals surface area contributed by atoms with Crippen molar-refractivity contribution < 1.29 is 5.11 Å². The zero-order valence-corrected chi connectivity index (χ0v) is 11.1. The van der Waals surface area contributed by atoms with Gasteiger partial charge in [-0.2, -0.15) is 4.37 Å². The van der Waals surface area contributed by atoms with Crippen LogP contribution in [-0.2, 0) is 6.42 Å². The van der Waals surface area contributed by atoms with Gasteiger partial charge in [-0.15, -0.1) is 0 Å². The summed E-state index contributed by atoms with van der Waals surface area (Å²) in [5.74, 6) is 0.897. The van der Waals surface area contributed by atoms with Gasteiger partial charge in [0.05, 0.1) is 12.1 Å². The molecule has 0 radical (unpaired) electrons. The van der Waals surface area contributed by atoms with Crippen molar-refractivity contribution >= 4 is 16.7 Å². The molecule has 0 saturated heterocycles. The minimum Gasteiger partial charge on any atom is -0.394 e. The van der Waals surface area contributed by atoms with Crippen LogP contribution in [0.15, 0.2) is 0 Å². The van der Waals surface area contributed by atoms with Gasteiger partial charge >= 0.3 is 0 Å². The van der Waals surface area contributed by atoms with Crippen LogP contribution >= 0.6 is 11.5 Å². The van der Waals surface area contributed by atoms with Gasteiger partial charge in [0.25, 0.3) is 0 Å². The number of aromatic nitrogens is 2. The topological polar surface area (TPSA) is 58.0 Å². The molecule has 0 aromatic carbocycles. The first-order valence-corrected chi connectivity index (χ1v) is 6.68. The molecule has 16 heavy (non-hydrogen) atoms. The smallest absolute Gasteiger partial charge is 0.203 e. The largest absolute Gasteiger partial charge is 0.394 e. The fraction of sp³-hybridized carbons (Fsp3) is 0.818. The van der Waals surface area contributed by atoms with E-state index in [1.54, 1.807) is 0 Å². The molecule has 0 aliphatic carbocycles.